The molecule has 1 fully saturated rings. The minimum absolute atomic E-state index is 0.0603. The van der Waals surface area contributed by atoms with E-state index in [-0.39, 0.29) is 17.9 Å². The summed E-state index contributed by atoms with van der Waals surface area (Å²) in [6, 6.07) is 7.27. The Balaban J connectivity index is 1.60. The van der Waals surface area contributed by atoms with Crippen molar-refractivity contribution in [2.24, 2.45) is 0 Å². The van der Waals surface area contributed by atoms with E-state index in [1.165, 1.54) is 0 Å². The van der Waals surface area contributed by atoms with Crippen LogP contribution in [0.5, 0.6) is 5.75 Å². The van der Waals surface area contributed by atoms with Gasteiger partial charge < -0.3 is 15.0 Å². The first kappa shape index (κ1) is 15.7. The topological polar surface area (TPSA) is 76.5 Å². The fraction of sp³-hybridized carbons (Fsp3) is 0.389. The van der Waals surface area contributed by atoms with E-state index in [9.17, 15) is 9.59 Å². The van der Waals surface area contributed by atoms with E-state index in [0.29, 0.717) is 23.5 Å². The summed E-state index contributed by atoms with van der Waals surface area (Å²) >= 11 is 0. The molecule has 0 bridgehead atoms. The number of ether oxygens (including phenoxy) is 1. The van der Waals surface area contributed by atoms with Crippen LogP contribution in [-0.4, -0.2) is 45.2 Å². The first-order valence-electron chi connectivity index (χ1n) is 8.52. The molecule has 1 aromatic heterocycles. The first-order chi connectivity index (χ1) is 12.1. The van der Waals surface area contributed by atoms with Gasteiger partial charge in [-0.05, 0) is 38.0 Å². The minimum Gasteiger partial charge on any atom is -0.478 e. The van der Waals surface area contributed by atoms with Gasteiger partial charge in [0.1, 0.15) is 0 Å². The number of anilines is 1. The van der Waals surface area contributed by atoms with E-state index in [1.54, 1.807) is 31.3 Å². The summed E-state index contributed by atoms with van der Waals surface area (Å²) in [4.78, 5) is 26.8. The molecule has 2 atom stereocenters. The Morgan fingerprint density at radius 2 is 2.28 bits per heavy atom. The second kappa shape index (κ2) is 6.23. The molecule has 1 N–H and O–H groups in total. The molecule has 4 rings (SSSR count). The molecule has 2 amide bonds. The van der Waals surface area contributed by atoms with Gasteiger partial charge in [0.15, 0.2) is 11.9 Å². The highest BCUT2D eigenvalue weighted by Crippen LogP contribution is 2.35. The Bertz CT molecular complexity index is 803. The number of hydrogen-bond donors (Lipinski definition) is 1. The van der Waals surface area contributed by atoms with E-state index in [0.717, 1.165) is 19.4 Å². The van der Waals surface area contributed by atoms with Crippen LogP contribution < -0.4 is 10.1 Å². The Morgan fingerprint density at radius 3 is 3.08 bits per heavy atom. The highest BCUT2D eigenvalue weighted by atomic mass is 16.5. The number of amides is 2. The number of nitrogens with zero attached hydrogens (tertiary/aromatic N) is 3. The Labute approximate surface area is 145 Å². The fourth-order valence-corrected chi connectivity index (χ4v) is 3.47. The van der Waals surface area contributed by atoms with Gasteiger partial charge in [-0.3, -0.25) is 14.3 Å². The quantitative estimate of drug-likeness (QED) is 0.926. The van der Waals surface area contributed by atoms with Crippen LogP contribution in [0, 0.1) is 0 Å². The monoisotopic (exact) mass is 340 g/mol. The Kier molecular flexibility index (Phi) is 3.91. The molecular formula is C18H20N4O3. The van der Waals surface area contributed by atoms with Crippen molar-refractivity contribution in [1.82, 2.24) is 14.7 Å². The molecule has 25 heavy (non-hydrogen) atoms. The van der Waals surface area contributed by atoms with Crippen molar-refractivity contribution in [2.75, 3.05) is 11.9 Å². The number of rotatable bonds is 3. The summed E-state index contributed by atoms with van der Waals surface area (Å²) in [5.74, 6) is 0.203. The second-order valence-electron chi connectivity index (χ2n) is 6.45. The molecule has 0 unspecified atom stereocenters. The first-order valence-corrected chi connectivity index (χ1v) is 8.52. The van der Waals surface area contributed by atoms with Crippen molar-refractivity contribution >= 4 is 17.5 Å². The number of likely N-dealkylation sites (tertiary alicyclic amines) is 1. The van der Waals surface area contributed by atoms with E-state index in [2.05, 4.69) is 10.4 Å². The molecule has 0 radical (unpaired) electrons. The van der Waals surface area contributed by atoms with Gasteiger partial charge in [0.05, 0.1) is 23.8 Å². The SMILES string of the molecule is C[C@H]1Oc2c(cccc2C(=O)N2CCC[C@H]2Cn2cccn2)NC1=O. The molecule has 2 aromatic rings. The zero-order valence-corrected chi connectivity index (χ0v) is 14.0. The highest BCUT2D eigenvalue weighted by Gasteiger charge is 2.34. The smallest absolute Gasteiger partial charge is 0.265 e. The highest BCUT2D eigenvalue weighted by molar-refractivity contribution is 6.04. The van der Waals surface area contributed by atoms with Crippen LogP contribution in [0.3, 0.4) is 0 Å². The third-order valence-electron chi connectivity index (χ3n) is 4.76. The van der Waals surface area contributed by atoms with Crippen LogP contribution in [0.25, 0.3) is 0 Å². The predicted molar refractivity (Wildman–Crippen MR) is 91.4 cm³/mol. The van der Waals surface area contributed by atoms with Crippen molar-refractivity contribution in [3.63, 3.8) is 0 Å². The van der Waals surface area contributed by atoms with Crippen molar-refractivity contribution in [2.45, 2.75) is 38.5 Å². The van der Waals surface area contributed by atoms with Gasteiger partial charge in [-0.15, -0.1) is 0 Å². The van der Waals surface area contributed by atoms with Crippen molar-refractivity contribution < 1.29 is 14.3 Å². The molecule has 2 aliphatic rings. The van der Waals surface area contributed by atoms with E-state index in [1.807, 2.05) is 21.8 Å². The molecule has 0 spiro atoms. The van der Waals surface area contributed by atoms with Gasteiger partial charge >= 0.3 is 0 Å². The summed E-state index contributed by atoms with van der Waals surface area (Å²) in [5.41, 5.74) is 1.05. The molecule has 3 heterocycles. The van der Waals surface area contributed by atoms with Crippen LogP contribution >= 0.6 is 0 Å². The number of aromatic nitrogens is 2. The maximum Gasteiger partial charge on any atom is 0.265 e. The Morgan fingerprint density at radius 1 is 1.40 bits per heavy atom. The van der Waals surface area contributed by atoms with Gasteiger partial charge in [-0.25, -0.2) is 0 Å². The summed E-state index contributed by atoms with van der Waals surface area (Å²) in [7, 11) is 0. The number of fused-ring (bicyclic) bond motifs is 1. The fourth-order valence-electron chi connectivity index (χ4n) is 3.47. The zero-order chi connectivity index (χ0) is 17.4. The lowest BCUT2D eigenvalue weighted by Crippen LogP contribution is -2.40. The molecule has 7 heteroatoms. The number of carbonyl (C=O) groups excluding carboxylic acids is 2. The number of carbonyl (C=O) groups is 2. The maximum absolute atomic E-state index is 13.1. The second-order valence-corrected chi connectivity index (χ2v) is 6.45. The summed E-state index contributed by atoms with van der Waals surface area (Å²) < 4.78 is 7.58. The molecule has 2 aliphatic heterocycles. The van der Waals surface area contributed by atoms with Gasteiger partial charge in [-0.2, -0.15) is 5.10 Å². The molecule has 1 aromatic carbocycles. The zero-order valence-electron chi connectivity index (χ0n) is 14.0. The minimum atomic E-state index is -0.611. The van der Waals surface area contributed by atoms with Gasteiger partial charge in [0.2, 0.25) is 0 Å². The standard InChI is InChI=1S/C18H20N4O3/c1-12-17(23)20-15-7-2-6-14(16(15)25-12)18(24)22-10-3-5-13(22)11-21-9-4-8-19-21/h2,4,6-9,12-13H,3,5,10-11H2,1H3,(H,20,23)/t12-,13+/m1/s1. The Hall–Kier alpha value is -2.83. The number of nitrogens with one attached hydrogen (secondary N) is 1. The lowest BCUT2D eigenvalue weighted by atomic mass is 10.1. The van der Waals surface area contributed by atoms with E-state index >= 15 is 0 Å². The van der Waals surface area contributed by atoms with E-state index < -0.39 is 6.10 Å². The lowest BCUT2D eigenvalue weighted by molar-refractivity contribution is -0.122. The van der Waals surface area contributed by atoms with Crippen LogP contribution in [0.2, 0.25) is 0 Å². The number of benzene rings is 1. The van der Waals surface area contributed by atoms with Crippen LogP contribution in [0.1, 0.15) is 30.1 Å². The lowest BCUT2D eigenvalue weighted by Gasteiger charge is -2.29. The average molecular weight is 340 g/mol. The van der Waals surface area contributed by atoms with Crippen LogP contribution in [0.15, 0.2) is 36.7 Å². The summed E-state index contributed by atoms with van der Waals surface area (Å²) in [6.45, 7) is 3.08. The summed E-state index contributed by atoms with van der Waals surface area (Å²) in [5, 5.41) is 7.04. The third kappa shape index (κ3) is 2.86. The average Bonchev–Trinajstić information content (AvgIpc) is 3.27. The molecule has 130 valence electrons. The molecule has 7 nitrogen and oxygen atoms in total. The van der Waals surface area contributed by atoms with Crippen molar-refractivity contribution in [1.29, 1.82) is 0 Å². The third-order valence-corrected chi connectivity index (χ3v) is 4.76. The molecule has 0 saturated carbocycles. The van der Waals surface area contributed by atoms with Gasteiger partial charge in [0, 0.05) is 18.9 Å². The van der Waals surface area contributed by atoms with Crippen molar-refractivity contribution in [3.05, 3.63) is 42.2 Å². The van der Waals surface area contributed by atoms with Gasteiger partial charge in [-0.1, -0.05) is 6.07 Å². The largest absolute Gasteiger partial charge is 0.478 e. The van der Waals surface area contributed by atoms with Crippen LogP contribution in [0.4, 0.5) is 5.69 Å². The molecule has 0 aliphatic carbocycles. The predicted octanol–water partition coefficient (Wildman–Crippen LogP) is 1.91. The summed E-state index contributed by atoms with van der Waals surface area (Å²) in [6.07, 6.45) is 4.97. The van der Waals surface area contributed by atoms with Crippen molar-refractivity contribution in [3.8, 4) is 5.75 Å². The molecular weight excluding hydrogens is 320 g/mol. The maximum atomic E-state index is 13.1. The number of para-hydroxylation sites is 1. The van der Waals surface area contributed by atoms with E-state index in [4.69, 9.17) is 4.74 Å². The normalized spacial score (nSPS) is 22.3. The van der Waals surface area contributed by atoms with Crippen LogP contribution in [-0.2, 0) is 11.3 Å². The van der Waals surface area contributed by atoms with Gasteiger partial charge in [0.25, 0.3) is 11.8 Å². The molecule has 1 saturated heterocycles. The number of hydrogen-bond acceptors (Lipinski definition) is 4.